The second-order valence-electron chi connectivity index (χ2n) is 5.66. The van der Waals surface area contributed by atoms with Gasteiger partial charge in [0.2, 0.25) is 0 Å². The van der Waals surface area contributed by atoms with E-state index in [1.165, 1.54) is 27.2 Å². The van der Waals surface area contributed by atoms with E-state index in [2.05, 4.69) is 5.32 Å². The van der Waals surface area contributed by atoms with E-state index < -0.39 is 30.3 Å². The topological polar surface area (TPSA) is 90.9 Å². The van der Waals surface area contributed by atoms with E-state index in [1.54, 1.807) is 42.5 Å². The number of ether oxygens (including phenoxy) is 3. The number of rotatable bonds is 8. The van der Waals surface area contributed by atoms with Crippen molar-refractivity contribution < 1.29 is 28.6 Å². The molecule has 0 heterocycles. The van der Waals surface area contributed by atoms with E-state index in [1.807, 2.05) is 0 Å². The lowest BCUT2D eigenvalue weighted by molar-refractivity contribution is -0.144. The Morgan fingerprint density at radius 2 is 1.59 bits per heavy atom. The minimum absolute atomic E-state index is 0.321. The molecule has 2 rings (SSSR count). The van der Waals surface area contributed by atoms with E-state index >= 15 is 0 Å². The molecule has 1 atom stereocenters. The highest BCUT2D eigenvalue weighted by atomic mass is 16.5. The maximum atomic E-state index is 12.2. The van der Waals surface area contributed by atoms with Gasteiger partial charge in [-0.1, -0.05) is 18.2 Å². The van der Waals surface area contributed by atoms with Gasteiger partial charge in [-0.15, -0.1) is 0 Å². The van der Waals surface area contributed by atoms with E-state index in [-0.39, 0.29) is 0 Å². The van der Waals surface area contributed by atoms with Crippen LogP contribution in [0.5, 0.6) is 11.5 Å². The Morgan fingerprint density at radius 3 is 2.22 bits per heavy atom. The summed E-state index contributed by atoms with van der Waals surface area (Å²) in [6.45, 7) is 1.05. The molecule has 0 bridgehead atoms. The van der Waals surface area contributed by atoms with Gasteiger partial charge in [-0.3, -0.25) is 9.59 Å². The fraction of sp³-hybridized carbons (Fsp3) is 0.250. The molecule has 0 radical (unpaired) electrons. The van der Waals surface area contributed by atoms with E-state index in [4.69, 9.17) is 14.2 Å². The molecule has 0 fully saturated rings. The number of carbonyl (C=O) groups is 3. The van der Waals surface area contributed by atoms with Crippen molar-refractivity contribution in [1.82, 2.24) is 5.32 Å². The van der Waals surface area contributed by atoms with Crippen LogP contribution in [0.2, 0.25) is 0 Å². The van der Waals surface area contributed by atoms with Crippen LogP contribution in [0.1, 0.15) is 27.6 Å². The zero-order chi connectivity index (χ0) is 19.8. The average molecular weight is 371 g/mol. The van der Waals surface area contributed by atoms with Crippen LogP contribution in [0.3, 0.4) is 0 Å². The summed E-state index contributed by atoms with van der Waals surface area (Å²) >= 11 is 0. The van der Waals surface area contributed by atoms with Crippen LogP contribution in [0.4, 0.5) is 0 Å². The molecular formula is C20H21NO6. The van der Waals surface area contributed by atoms with Gasteiger partial charge in [-0.05, 0) is 37.3 Å². The quantitative estimate of drug-likeness (QED) is 0.565. The molecule has 0 spiro atoms. The second kappa shape index (κ2) is 9.38. The van der Waals surface area contributed by atoms with Gasteiger partial charge in [0.15, 0.2) is 23.9 Å². The minimum Gasteiger partial charge on any atom is -0.493 e. The molecule has 0 saturated heterocycles. The van der Waals surface area contributed by atoms with Crippen molar-refractivity contribution in [2.24, 2.45) is 0 Å². The lowest BCUT2D eigenvalue weighted by Crippen LogP contribution is -2.40. The smallest absolute Gasteiger partial charge is 0.328 e. The van der Waals surface area contributed by atoms with Crippen molar-refractivity contribution in [2.75, 3.05) is 20.8 Å². The minimum atomic E-state index is -0.893. The predicted molar refractivity (Wildman–Crippen MR) is 98.2 cm³/mol. The first kappa shape index (κ1) is 20.0. The molecule has 1 amide bonds. The van der Waals surface area contributed by atoms with Gasteiger partial charge >= 0.3 is 5.97 Å². The lowest BCUT2D eigenvalue weighted by atomic mass is 10.1. The van der Waals surface area contributed by atoms with Crippen LogP contribution in [-0.4, -0.2) is 44.5 Å². The summed E-state index contributed by atoms with van der Waals surface area (Å²) < 4.78 is 15.3. The molecule has 27 heavy (non-hydrogen) atoms. The summed E-state index contributed by atoms with van der Waals surface area (Å²) in [6.07, 6.45) is 0. The van der Waals surface area contributed by atoms with Crippen molar-refractivity contribution in [3.8, 4) is 11.5 Å². The zero-order valence-corrected chi connectivity index (χ0v) is 15.4. The molecule has 7 nitrogen and oxygen atoms in total. The molecule has 7 heteroatoms. The molecule has 0 aliphatic heterocycles. The van der Waals surface area contributed by atoms with Crippen molar-refractivity contribution in [3.05, 3.63) is 59.7 Å². The monoisotopic (exact) mass is 371 g/mol. The van der Waals surface area contributed by atoms with E-state index in [0.717, 1.165) is 0 Å². The highest BCUT2D eigenvalue weighted by Crippen LogP contribution is 2.27. The van der Waals surface area contributed by atoms with Gasteiger partial charge in [-0.25, -0.2) is 4.79 Å². The largest absolute Gasteiger partial charge is 0.493 e. The van der Waals surface area contributed by atoms with Crippen LogP contribution in [0.15, 0.2) is 48.5 Å². The third-order valence-corrected chi connectivity index (χ3v) is 3.79. The van der Waals surface area contributed by atoms with Crippen LogP contribution < -0.4 is 14.8 Å². The standard InChI is InChI=1S/C20H21NO6/c1-13(21-19(23)14-7-5-4-6-8-14)20(24)27-12-16(22)15-9-10-17(25-2)18(11-15)26-3/h4-11,13H,12H2,1-3H3,(H,21,23). The van der Waals surface area contributed by atoms with Gasteiger partial charge in [0, 0.05) is 11.1 Å². The Balaban J connectivity index is 1.90. The Bertz CT molecular complexity index is 818. The number of hydrogen-bond acceptors (Lipinski definition) is 6. The molecule has 142 valence electrons. The predicted octanol–water partition coefficient (Wildman–Crippen LogP) is 2.25. The molecule has 0 saturated carbocycles. The number of amides is 1. The SMILES string of the molecule is COc1ccc(C(=O)COC(=O)C(C)NC(=O)c2ccccc2)cc1OC. The van der Waals surface area contributed by atoms with Crippen LogP contribution >= 0.6 is 0 Å². The summed E-state index contributed by atoms with van der Waals surface area (Å²) in [5.74, 6) is -0.605. The number of esters is 1. The summed E-state index contributed by atoms with van der Waals surface area (Å²) in [7, 11) is 2.95. The number of ketones is 1. The maximum absolute atomic E-state index is 12.2. The van der Waals surface area contributed by atoms with Crippen molar-refractivity contribution in [3.63, 3.8) is 0 Å². The Kier molecular flexibility index (Phi) is 6.93. The summed E-state index contributed by atoms with van der Waals surface area (Å²) in [5, 5.41) is 2.53. The third kappa shape index (κ3) is 5.31. The highest BCUT2D eigenvalue weighted by molar-refractivity contribution is 5.99. The number of Topliss-reactive ketones (excluding diaryl/α,β-unsaturated/α-hetero) is 1. The molecular weight excluding hydrogens is 350 g/mol. The van der Waals surface area contributed by atoms with Crippen molar-refractivity contribution >= 4 is 17.7 Å². The van der Waals surface area contributed by atoms with Gasteiger partial charge in [-0.2, -0.15) is 0 Å². The Hall–Kier alpha value is -3.35. The van der Waals surface area contributed by atoms with Gasteiger partial charge < -0.3 is 19.5 Å². The highest BCUT2D eigenvalue weighted by Gasteiger charge is 2.20. The molecule has 2 aromatic rings. The Labute approximate surface area is 157 Å². The first-order valence-corrected chi connectivity index (χ1v) is 8.24. The molecule has 0 aromatic heterocycles. The first-order chi connectivity index (χ1) is 13.0. The summed E-state index contributed by atoms with van der Waals surface area (Å²) in [6, 6.07) is 12.3. The van der Waals surface area contributed by atoms with Crippen molar-refractivity contribution in [2.45, 2.75) is 13.0 Å². The van der Waals surface area contributed by atoms with Crippen LogP contribution in [-0.2, 0) is 9.53 Å². The molecule has 1 unspecified atom stereocenters. The van der Waals surface area contributed by atoms with Crippen molar-refractivity contribution in [1.29, 1.82) is 0 Å². The number of benzene rings is 2. The van der Waals surface area contributed by atoms with E-state index in [0.29, 0.717) is 22.6 Å². The lowest BCUT2D eigenvalue weighted by Gasteiger charge is -2.13. The molecule has 0 aliphatic rings. The molecule has 0 aliphatic carbocycles. The van der Waals surface area contributed by atoms with Gasteiger partial charge in [0.1, 0.15) is 6.04 Å². The number of hydrogen-bond donors (Lipinski definition) is 1. The normalized spacial score (nSPS) is 11.2. The van der Waals surface area contributed by atoms with Crippen LogP contribution in [0, 0.1) is 0 Å². The van der Waals surface area contributed by atoms with Crippen LogP contribution in [0.25, 0.3) is 0 Å². The third-order valence-electron chi connectivity index (χ3n) is 3.79. The Morgan fingerprint density at radius 1 is 0.926 bits per heavy atom. The number of methoxy groups -OCH3 is 2. The van der Waals surface area contributed by atoms with E-state index in [9.17, 15) is 14.4 Å². The maximum Gasteiger partial charge on any atom is 0.328 e. The number of carbonyl (C=O) groups excluding carboxylic acids is 3. The fourth-order valence-corrected chi connectivity index (χ4v) is 2.28. The summed E-state index contributed by atoms with van der Waals surface area (Å²) in [4.78, 5) is 36.3. The fourth-order valence-electron chi connectivity index (χ4n) is 2.28. The average Bonchev–Trinajstić information content (AvgIpc) is 2.71. The summed E-state index contributed by atoms with van der Waals surface area (Å²) in [5.41, 5.74) is 0.750. The second-order valence-corrected chi connectivity index (χ2v) is 5.66. The molecule has 2 aromatic carbocycles. The van der Waals surface area contributed by atoms with Gasteiger partial charge in [0.05, 0.1) is 14.2 Å². The van der Waals surface area contributed by atoms with Gasteiger partial charge in [0.25, 0.3) is 5.91 Å². The number of nitrogens with one attached hydrogen (secondary N) is 1. The zero-order valence-electron chi connectivity index (χ0n) is 15.4. The molecule has 1 N–H and O–H groups in total. The first-order valence-electron chi connectivity index (χ1n) is 8.24.